The Bertz CT molecular complexity index is 809. The Morgan fingerprint density at radius 3 is 2.64 bits per heavy atom. The van der Waals surface area contributed by atoms with Gasteiger partial charge >= 0.3 is 6.18 Å². The summed E-state index contributed by atoms with van der Waals surface area (Å²) in [6.45, 7) is 0. The molecule has 1 fully saturated rings. The molecule has 1 aromatic carbocycles. The minimum Gasteiger partial charge on any atom is -0.381 e. The van der Waals surface area contributed by atoms with Crippen molar-refractivity contribution in [1.29, 1.82) is 0 Å². The minimum atomic E-state index is -4.53. The van der Waals surface area contributed by atoms with E-state index < -0.39 is 17.3 Å². The summed E-state index contributed by atoms with van der Waals surface area (Å²) in [7, 11) is 0. The zero-order valence-electron chi connectivity index (χ0n) is 11.8. The largest absolute Gasteiger partial charge is 0.417 e. The molecule has 116 valence electrons. The fourth-order valence-corrected chi connectivity index (χ4v) is 3.86. The Balaban J connectivity index is 1.96. The monoisotopic (exact) mass is 308 g/mol. The second-order valence-electron chi connectivity index (χ2n) is 6.17. The molecule has 2 aliphatic rings. The van der Waals surface area contributed by atoms with Crippen molar-refractivity contribution in [3.05, 3.63) is 39.7 Å². The van der Waals surface area contributed by atoms with Crippen molar-refractivity contribution in [2.45, 2.75) is 43.8 Å². The number of aromatic amines is 1. The molecule has 22 heavy (non-hydrogen) atoms. The lowest BCUT2D eigenvalue weighted by Gasteiger charge is -2.25. The summed E-state index contributed by atoms with van der Waals surface area (Å²) >= 11 is 0. The standard InChI is InChI=1S/C16H15F3N2O/c17-16(18,19)11-6-15(22)21-14-7-13-9(5-10(11)14)8-3-1-2-4-12(8)20-13/h5-8,12,20H,1-4H2,(H,21,22). The first kappa shape index (κ1) is 13.7. The lowest BCUT2D eigenvalue weighted by atomic mass is 9.82. The van der Waals surface area contributed by atoms with Gasteiger partial charge in [-0.3, -0.25) is 4.79 Å². The van der Waals surface area contributed by atoms with Gasteiger partial charge in [-0.2, -0.15) is 13.2 Å². The molecule has 2 unspecified atom stereocenters. The predicted octanol–water partition coefficient (Wildman–Crippen LogP) is 4.00. The van der Waals surface area contributed by atoms with Gasteiger partial charge in [-0.05, 0) is 30.5 Å². The zero-order chi connectivity index (χ0) is 15.5. The van der Waals surface area contributed by atoms with E-state index in [0.29, 0.717) is 12.1 Å². The molecular weight excluding hydrogens is 293 g/mol. The molecule has 1 aliphatic carbocycles. The van der Waals surface area contributed by atoms with Gasteiger partial charge < -0.3 is 10.3 Å². The lowest BCUT2D eigenvalue weighted by Crippen LogP contribution is -2.23. The van der Waals surface area contributed by atoms with Crippen molar-refractivity contribution in [1.82, 2.24) is 4.98 Å². The number of hydrogen-bond acceptors (Lipinski definition) is 2. The van der Waals surface area contributed by atoms with Crippen molar-refractivity contribution in [3.63, 3.8) is 0 Å². The van der Waals surface area contributed by atoms with Crippen LogP contribution in [0, 0.1) is 0 Å². The molecule has 0 saturated heterocycles. The van der Waals surface area contributed by atoms with Gasteiger partial charge in [0.05, 0.1) is 11.1 Å². The molecule has 4 rings (SSSR count). The summed E-state index contributed by atoms with van der Waals surface area (Å²) in [5.74, 6) is 0.279. The van der Waals surface area contributed by atoms with Crippen LogP contribution >= 0.6 is 0 Å². The Morgan fingerprint density at radius 2 is 1.86 bits per heavy atom. The van der Waals surface area contributed by atoms with Gasteiger partial charge in [0, 0.05) is 29.1 Å². The summed E-state index contributed by atoms with van der Waals surface area (Å²) in [6, 6.07) is 4.23. The summed E-state index contributed by atoms with van der Waals surface area (Å²) in [5, 5.41) is 3.49. The Hall–Kier alpha value is -1.98. The van der Waals surface area contributed by atoms with E-state index in [2.05, 4.69) is 10.3 Å². The van der Waals surface area contributed by atoms with Crippen molar-refractivity contribution >= 4 is 16.6 Å². The molecule has 1 saturated carbocycles. The van der Waals surface area contributed by atoms with Crippen LogP contribution in [0.5, 0.6) is 0 Å². The molecule has 0 radical (unpaired) electrons. The Labute approximate surface area is 124 Å². The van der Waals surface area contributed by atoms with Crippen molar-refractivity contribution < 1.29 is 13.2 Å². The van der Waals surface area contributed by atoms with Crippen LogP contribution in [-0.4, -0.2) is 11.0 Å². The third-order valence-electron chi connectivity index (χ3n) is 4.82. The number of hydrogen-bond donors (Lipinski definition) is 2. The second-order valence-corrected chi connectivity index (χ2v) is 6.17. The number of aromatic nitrogens is 1. The van der Waals surface area contributed by atoms with Crippen LogP contribution in [0.15, 0.2) is 23.0 Å². The number of halogens is 3. The lowest BCUT2D eigenvalue weighted by molar-refractivity contribution is -0.136. The molecule has 2 N–H and O–H groups in total. The molecule has 0 amide bonds. The number of alkyl halides is 3. The van der Waals surface area contributed by atoms with Gasteiger partial charge in [0.1, 0.15) is 0 Å². The second kappa shape index (κ2) is 4.51. The molecule has 6 heteroatoms. The van der Waals surface area contributed by atoms with E-state index in [1.54, 1.807) is 12.1 Å². The van der Waals surface area contributed by atoms with Crippen molar-refractivity contribution in [2.24, 2.45) is 0 Å². The van der Waals surface area contributed by atoms with Gasteiger partial charge in [0.15, 0.2) is 0 Å². The van der Waals surface area contributed by atoms with Crippen molar-refractivity contribution in [3.8, 4) is 0 Å². The number of nitrogens with one attached hydrogen (secondary N) is 2. The van der Waals surface area contributed by atoms with Crippen LogP contribution < -0.4 is 10.9 Å². The van der Waals surface area contributed by atoms with E-state index in [-0.39, 0.29) is 16.8 Å². The number of pyridine rings is 1. The fraction of sp³-hybridized carbons (Fsp3) is 0.438. The van der Waals surface area contributed by atoms with Gasteiger partial charge in [-0.1, -0.05) is 12.8 Å². The van der Waals surface area contributed by atoms with E-state index in [9.17, 15) is 18.0 Å². The van der Waals surface area contributed by atoms with E-state index in [4.69, 9.17) is 0 Å². The molecule has 2 heterocycles. The Kier molecular flexibility index (Phi) is 2.80. The topological polar surface area (TPSA) is 44.9 Å². The average molecular weight is 308 g/mol. The number of H-pyrrole nitrogens is 1. The van der Waals surface area contributed by atoms with E-state index in [0.717, 1.165) is 36.9 Å². The zero-order valence-corrected chi connectivity index (χ0v) is 11.8. The molecule has 2 atom stereocenters. The fourth-order valence-electron chi connectivity index (χ4n) is 3.86. The van der Waals surface area contributed by atoms with Crippen LogP contribution in [-0.2, 0) is 6.18 Å². The SMILES string of the molecule is O=c1cc(C(F)(F)F)c2cc3c(cc2[nH]1)NC1CCCCC31. The number of benzene rings is 1. The molecule has 0 bridgehead atoms. The molecule has 2 aromatic rings. The summed E-state index contributed by atoms with van der Waals surface area (Å²) in [6.07, 6.45) is -0.234. The molecule has 1 aliphatic heterocycles. The van der Waals surface area contributed by atoms with E-state index >= 15 is 0 Å². The smallest absolute Gasteiger partial charge is 0.381 e. The van der Waals surface area contributed by atoms with Gasteiger partial charge in [-0.15, -0.1) is 0 Å². The van der Waals surface area contributed by atoms with E-state index in [1.807, 2.05) is 0 Å². The number of fused-ring (bicyclic) bond motifs is 4. The van der Waals surface area contributed by atoms with Crippen LogP contribution in [0.25, 0.3) is 10.9 Å². The highest BCUT2D eigenvalue weighted by molar-refractivity contribution is 5.88. The summed E-state index contributed by atoms with van der Waals surface area (Å²) < 4.78 is 39.6. The number of anilines is 1. The normalized spacial score (nSPS) is 24.0. The van der Waals surface area contributed by atoms with Gasteiger partial charge in [0.2, 0.25) is 5.56 Å². The molecule has 3 nitrogen and oxygen atoms in total. The van der Waals surface area contributed by atoms with Gasteiger partial charge in [-0.25, -0.2) is 0 Å². The summed E-state index contributed by atoms with van der Waals surface area (Å²) in [4.78, 5) is 14.0. The first-order chi connectivity index (χ1) is 10.4. The molecule has 0 spiro atoms. The summed E-state index contributed by atoms with van der Waals surface area (Å²) in [5.41, 5.74) is 0.474. The average Bonchev–Trinajstić information content (AvgIpc) is 2.80. The maximum Gasteiger partial charge on any atom is 0.417 e. The maximum atomic E-state index is 13.2. The van der Waals surface area contributed by atoms with Gasteiger partial charge in [0.25, 0.3) is 0 Å². The highest BCUT2D eigenvalue weighted by Crippen LogP contribution is 2.46. The Morgan fingerprint density at radius 1 is 1.09 bits per heavy atom. The van der Waals surface area contributed by atoms with Crippen LogP contribution in [0.4, 0.5) is 18.9 Å². The first-order valence-corrected chi connectivity index (χ1v) is 7.48. The highest BCUT2D eigenvalue weighted by Gasteiger charge is 2.37. The first-order valence-electron chi connectivity index (χ1n) is 7.48. The molecule has 1 aromatic heterocycles. The predicted molar refractivity (Wildman–Crippen MR) is 78.2 cm³/mol. The van der Waals surface area contributed by atoms with Crippen LogP contribution in [0.2, 0.25) is 0 Å². The number of rotatable bonds is 0. The van der Waals surface area contributed by atoms with E-state index in [1.165, 1.54) is 0 Å². The van der Waals surface area contributed by atoms with Crippen LogP contribution in [0.3, 0.4) is 0 Å². The third kappa shape index (κ3) is 2.01. The van der Waals surface area contributed by atoms with Crippen molar-refractivity contribution in [2.75, 3.05) is 5.32 Å². The third-order valence-corrected chi connectivity index (χ3v) is 4.82. The quantitative estimate of drug-likeness (QED) is 0.772. The highest BCUT2D eigenvalue weighted by atomic mass is 19.4. The molecular formula is C16H15F3N2O. The minimum absolute atomic E-state index is 0.0823. The van der Waals surface area contributed by atoms with Crippen LogP contribution in [0.1, 0.15) is 42.7 Å². The maximum absolute atomic E-state index is 13.2.